The van der Waals surface area contributed by atoms with E-state index < -0.39 is 0 Å². The van der Waals surface area contributed by atoms with Crippen molar-refractivity contribution in [3.05, 3.63) is 30.3 Å². The van der Waals surface area contributed by atoms with E-state index in [4.69, 9.17) is 28.4 Å². The van der Waals surface area contributed by atoms with Crippen LogP contribution in [0.2, 0.25) is 0 Å². The number of hydrogen-bond donors (Lipinski definition) is 0. The molecule has 0 saturated carbocycles. The van der Waals surface area contributed by atoms with Crippen LogP contribution in [0.15, 0.2) is 30.3 Å². The average molecular weight is 383 g/mol. The third-order valence-corrected chi connectivity index (χ3v) is 3.99. The predicted molar refractivity (Wildman–Crippen MR) is 104 cm³/mol. The predicted octanol–water partition coefficient (Wildman–Crippen LogP) is 1.61. The Morgan fingerprint density at radius 1 is 0.444 bits per heavy atom. The van der Waals surface area contributed by atoms with Gasteiger partial charge in [0.2, 0.25) is 0 Å². The Morgan fingerprint density at radius 2 is 0.778 bits per heavy atom. The van der Waals surface area contributed by atoms with Gasteiger partial charge < -0.3 is 33.3 Å². The zero-order valence-electron chi connectivity index (χ0n) is 16.2. The molecule has 0 unspecified atom stereocenters. The van der Waals surface area contributed by atoms with Gasteiger partial charge in [-0.25, -0.2) is 0 Å². The van der Waals surface area contributed by atoms with Gasteiger partial charge in [0, 0.05) is 18.8 Å². The second-order valence-electron chi connectivity index (χ2n) is 6.00. The molecule has 2 rings (SSSR count). The molecule has 0 amide bonds. The van der Waals surface area contributed by atoms with Gasteiger partial charge in [-0.1, -0.05) is 18.2 Å². The van der Waals surface area contributed by atoms with Crippen molar-refractivity contribution in [1.82, 2.24) is 0 Å². The van der Waals surface area contributed by atoms with E-state index in [1.165, 1.54) is 5.69 Å². The van der Waals surface area contributed by atoms with Gasteiger partial charge >= 0.3 is 0 Å². The third kappa shape index (κ3) is 11.3. The van der Waals surface area contributed by atoms with Crippen LogP contribution in [0.25, 0.3) is 0 Å². The van der Waals surface area contributed by atoms with Crippen LogP contribution >= 0.6 is 0 Å². The molecule has 7 nitrogen and oxygen atoms in total. The smallest absolute Gasteiger partial charge is 0.0701 e. The van der Waals surface area contributed by atoms with E-state index in [2.05, 4.69) is 17.0 Å². The van der Waals surface area contributed by atoms with Crippen LogP contribution in [0.4, 0.5) is 5.69 Å². The standard InChI is InChI=1S/C20H33NO6/c1-2-4-20(5-3-1)21-6-8-22-10-12-24-14-16-26-18-19-27-17-15-25-13-11-23-9-7-21/h1-5H,6-19H2. The van der Waals surface area contributed by atoms with Crippen molar-refractivity contribution in [2.75, 3.05) is 97.3 Å². The fourth-order valence-corrected chi connectivity index (χ4v) is 2.56. The fraction of sp³-hybridized carbons (Fsp3) is 0.700. The Kier molecular flexibility index (Phi) is 12.9. The summed E-state index contributed by atoms with van der Waals surface area (Å²) in [6.45, 7) is 8.64. The van der Waals surface area contributed by atoms with Gasteiger partial charge in [-0.15, -0.1) is 0 Å². The largest absolute Gasteiger partial charge is 0.377 e. The quantitative estimate of drug-likeness (QED) is 0.730. The Morgan fingerprint density at radius 3 is 1.15 bits per heavy atom. The van der Waals surface area contributed by atoms with Gasteiger partial charge in [-0.05, 0) is 12.1 Å². The molecule has 0 bridgehead atoms. The van der Waals surface area contributed by atoms with Gasteiger partial charge in [0.15, 0.2) is 0 Å². The summed E-state index contributed by atoms with van der Waals surface area (Å²) in [4.78, 5) is 2.27. The lowest BCUT2D eigenvalue weighted by Crippen LogP contribution is -2.31. The molecule has 0 atom stereocenters. The van der Waals surface area contributed by atoms with E-state index >= 15 is 0 Å². The van der Waals surface area contributed by atoms with E-state index in [1.807, 2.05) is 18.2 Å². The summed E-state index contributed by atoms with van der Waals surface area (Å²) in [5.74, 6) is 0. The first-order valence-corrected chi connectivity index (χ1v) is 9.73. The molecule has 1 fully saturated rings. The highest BCUT2D eigenvalue weighted by Crippen LogP contribution is 2.12. The molecule has 0 radical (unpaired) electrons. The Hall–Kier alpha value is -1.22. The first-order chi connectivity index (χ1) is 13.5. The summed E-state index contributed by atoms with van der Waals surface area (Å²) < 4.78 is 33.3. The van der Waals surface area contributed by atoms with Gasteiger partial charge in [0.05, 0.1) is 79.3 Å². The molecule has 0 N–H and O–H groups in total. The normalized spacial score (nSPS) is 21.3. The maximum Gasteiger partial charge on any atom is 0.0701 e. The van der Waals surface area contributed by atoms with Crippen LogP contribution in [0.3, 0.4) is 0 Å². The number of benzene rings is 1. The van der Waals surface area contributed by atoms with Crippen molar-refractivity contribution in [3.63, 3.8) is 0 Å². The maximum atomic E-state index is 5.70. The lowest BCUT2D eigenvalue weighted by atomic mass is 10.3. The number of anilines is 1. The molecule has 1 saturated heterocycles. The highest BCUT2D eigenvalue weighted by molar-refractivity contribution is 5.45. The maximum absolute atomic E-state index is 5.70. The minimum absolute atomic E-state index is 0.568. The van der Waals surface area contributed by atoms with Crippen LogP contribution in [0.1, 0.15) is 0 Å². The van der Waals surface area contributed by atoms with Gasteiger partial charge in [-0.2, -0.15) is 0 Å². The molecule has 1 heterocycles. The van der Waals surface area contributed by atoms with Crippen LogP contribution in [-0.2, 0) is 28.4 Å². The Bertz CT molecular complexity index is 425. The summed E-state index contributed by atoms with van der Waals surface area (Å²) in [5, 5.41) is 0. The average Bonchev–Trinajstić information content (AvgIpc) is 2.70. The molecule has 1 aromatic carbocycles. The number of ether oxygens (including phenoxy) is 6. The van der Waals surface area contributed by atoms with E-state index in [0.717, 1.165) is 13.1 Å². The van der Waals surface area contributed by atoms with Gasteiger partial charge in [0.1, 0.15) is 0 Å². The summed E-state index contributed by atoms with van der Waals surface area (Å²) in [6, 6.07) is 10.3. The third-order valence-electron chi connectivity index (χ3n) is 3.99. The molecule has 0 spiro atoms. The highest BCUT2D eigenvalue weighted by atomic mass is 16.6. The first-order valence-electron chi connectivity index (χ1n) is 9.73. The minimum Gasteiger partial charge on any atom is -0.377 e. The Balaban J connectivity index is 1.72. The zero-order valence-corrected chi connectivity index (χ0v) is 16.2. The molecular weight excluding hydrogens is 350 g/mol. The van der Waals surface area contributed by atoms with E-state index in [9.17, 15) is 0 Å². The lowest BCUT2D eigenvalue weighted by Gasteiger charge is -2.24. The van der Waals surface area contributed by atoms with Crippen molar-refractivity contribution < 1.29 is 28.4 Å². The van der Waals surface area contributed by atoms with Gasteiger partial charge in [0.25, 0.3) is 0 Å². The summed E-state index contributed by atoms with van der Waals surface area (Å²) in [7, 11) is 0. The molecule has 7 heteroatoms. The molecule has 1 aliphatic rings. The number of para-hydroxylation sites is 1. The lowest BCUT2D eigenvalue weighted by molar-refractivity contribution is -0.0152. The van der Waals surface area contributed by atoms with E-state index in [1.54, 1.807) is 0 Å². The fourth-order valence-electron chi connectivity index (χ4n) is 2.56. The summed E-state index contributed by atoms with van der Waals surface area (Å²) in [6.07, 6.45) is 0. The first kappa shape index (κ1) is 22.1. The van der Waals surface area contributed by atoms with Crippen LogP contribution in [0.5, 0.6) is 0 Å². The molecule has 0 aliphatic carbocycles. The summed E-state index contributed by atoms with van der Waals surface area (Å²) in [5.41, 5.74) is 1.17. The number of hydrogen-bond acceptors (Lipinski definition) is 7. The van der Waals surface area contributed by atoms with Gasteiger partial charge in [-0.3, -0.25) is 0 Å². The molecule has 1 aromatic rings. The topological polar surface area (TPSA) is 58.6 Å². The molecular formula is C20H33NO6. The molecule has 27 heavy (non-hydrogen) atoms. The van der Waals surface area contributed by atoms with Crippen LogP contribution in [0, 0.1) is 0 Å². The SMILES string of the molecule is c1ccc(N2CCOCCOCCOCCOCCOCCOCC2)cc1. The van der Waals surface area contributed by atoms with Crippen molar-refractivity contribution in [1.29, 1.82) is 0 Å². The zero-order chi connectivity index (χ0) is 18.8. The number of rotatable bonds is 1. The van der Waals surface area contributed by atoms with Crippen LogP contribution in [-0.4, -0.2) is 92.4 Å². The van der Waals surface area contributed by atoms with E-state index in [-0.39, 0.29) is 0 Å². The van der Waals surface area contributed by atoms with E-state index in [0.29, 0.717) is 79.3 Å². The van der Waals surface area contributed by atoms with Crippen molar-refractivity contribution in [2.45, 2.75) is 0 Å². The molecule has 154 valence electrons. The number of nitrogens with zero attached hydrogens (tertiary/aromatic N) is 1. The molecule has 0 aromatic heterocycles. The van der Waals surface area contributed by atoms with Crippen molar-refractivity contribution in [3.8, 4) is 0 Å². The monoisotopic (exact) mass is 383 g/mol. The van der Waals surface area contributed by atoms with Crippen molar-refractivity contribution >= 4 is 5.69 Å². The second-order valence-corrected chi connectivity index (χ2v) is 6.00. The molecule has 1 aliphatic heterocycles. The van der Waals surface area contributed by atoms with Crippen LogP contribution < -0.4 is 4.90 Å². The summed E-state index contributed by atoms with van der Waals surface area (Å²) >= 11 is 0. The second kappa shape index (κ2) is 15.8. The Labute approximate surface area is 162 Å². The van der Waals surface area contributed by atoms with Crippen molar-refractivity contribution in [2.24, 2.45) is 0 Å². The highest BCUT2D eigenvalue weighted by Gasteiger charge is 2.06. The minimum atomic E-state index is 0.568.